The first-order valence-electron chi connectivity index (χ1n) is 10.2. The molecule has 2 aliphatic heterocycles. The van der Waals surface area contributed by atoms with Gasteiger partial charge in [0.15, 0.2) is 0 Å². The number of likely N-dealkylation sites (N-methyl/N-ethyl adjacent to an activating group) is 1. The molecule has 8 heteroatoms. The molecule has 5 nitrogen and oxygen atoms in total. The van der Waals surface area contributed by atoms with Crippen LogP contribution in [0.4, 0.5) is 0 Å². The molecule has 2 fully saturated rings. The van der Waals surface area contributed by atoms with Gasteiger partial charge in [0.1, 0.15) is 10.9 Å². The van der Waals surface area contributed by atoms with E-state index in [0.29, 0.717) is 22.3 Å². The number of carbonyl (C=O) groups excluding carboxylic acids is 2. The molecule has 2 aromatic rings. The minimum atomic E-state index is -0.0541. The normalized spacial score (nSPS) is 21.3. The molecule has 2 saturated heterocycles. The minimum Gasteiger partial charge on any atom is -0.338 e. The molecule has 2 aliphatic rings. The SMILES string of the molecule is CCN1C(=O)/C(=C/c2cn(CC(=O)N3CCCC[C@@H]3C)c3ccc(Br)cc23)SC1=S. The number of benzene rings is 1. The summed E-state index contributed by atoms with van der Waals surface area (Å²) in [6.07, 6.45) is 7.19. The van der Waals surface area contributed by atoms with E-state index in [2.05, 4.69) is 22.9 Å². The second kappa shape index (κ2) is 8.85. The zero-order chi connectivity index (χ0) is 21.4. The highest BCUT2D eigenvalue weighted by Gasteiger charge is 2.31. The van der Waals surface area contributed by atoms with Crippen molar-refractivity contribution in [2.24, 2.45) is 0 Å². The van der Waals surface area contributed by atoms with Gasteiger partial charge in [0.25, 0.3) is 5.91 Å². The van der Waals surface area contributed by atoms with Crippen LogP contribution in [0.5, 0.6) is 0 Å². The summed E-state index contributed by atoms with van der Waals surface area (Å²) in [5, 5.41) is 1.01. The average molecular weight is 506 g/mol. The lowest BCUT2D eigenvalue weighted by atomic mass is 10.0. The number of aromatic nitrogens is 1. The number of fused-ring (bicyclic) bond motifs is 1. The summed E-state index contributed by atoms with van der Waals surface area (Å²) in [6, 6.07) is 6.32. The van der Waals surface area contributed by atoms with Crippen molar-refractivity contribution in [2.45, 2.75) is 45.7 Å². The van der Waals surface area contributed by atoms with Gasteiger partial charge in [0, 0.05) is 46.3 Å². The highest BCUT2D eigenvalue weighted by Crippen LogP contribution is 2.35. The first-order chi connectivity index (χ1) is 14.4. The summed E-state index contributed by atoms with van der Waals surface area (Å²) in [5.74, 6) is 0.0903. The van der Waals surface area contributed by atoms with E-state index in [1.165, 1.54) is 18.2 Å². The first kappa shape index (κ1) is 21.6. The van der Waals surface area contributed by atoms with Crippen molar-refractivity contribution >= 4 is 73.0 Å². The predicted molar refractivity (Wildman–Crippen MR) is 130 cm³/mol. The molecule has 2 amide bonds. The number of nitrogens with zero attached hydrogens (tertiary/aromatic N) is 3. The van der Waals surface area contributed by atoms with Gasteiger partial charge < -0.3 is 9.47 Å². The molecule has 0 aliphatic carbocycles. The van der Waals surface area contributed by atoms with Gasteiger partial charge in [0.05, 0.1) is 4.91 Å². The number of rotatable bonds is 4. The third-order valence-corrected chi connectivity index (χ3v) is 7.65. The lowest BCUT2D eigenvalue weighted by molar-refractivity contribution is -0.135. The van der Waals surface area contributed by atoms with Crippen LogP contribution in [0.2, 0.25) is 0 Å². The van der Waals surface area contributed by atoms with Gasteiger partial charge in [-0.15, -0.1) is 0 Å². The van der Waals surface area contributed by atoms with Crippen molar-refractivity contribution in [2.75, 3.05) is 13.1 Å². The van der Waals surface area contributed by atoms with Crippen molar-refractivity contribution in [3.8, 4) is 0 Å². The van der Waals surface area contributed by atoms with Crippen LogP contribution in [0, 0.1) is 0 Å². The molecule has 3 heterocycles. The number of amides is 2. The minimum absolute atomic E-state index is 0.0541. The lowest BCUT2D eigenvalue weighted by Gasteiger charge is -2.33. The van der Waals surface area contributed by atoms with Gasteiger partial charge in [-0.3, -0.25) is 14.5 Å². The van der Waals surface area contributed by atoms with Crippen LogP contribution in [0.15, 0.2) is 33.8 Å². The number of likely N-dealkylation sites (tertiary alicyclic amines) is 1. The van der Waals surface area contributed by atoms with Crippen molar-refractivity contribution in [3.63, 3.8) is 0 Å². The molecule has 30 heavy (non-hydrogen) atoms. The van der Waals surface area contributed by atoms with E-state index in [0.717, 1.165) is 40.3 Å². The Morgan fingerprint density at radius 2 is 2.17 bits per heavy atom. The van der Waals surface area contributed by atoms with Crippen LogP contribution in [0.1, 0.15) is 38.7 Å². The Hall–Kier alpha value is -1.64. The van der Waals surface area contributed by atoms with E-state index in [9.17, 15) is 9.59 Å². The van der Waals surface area contributed by atoms with Gasteiger partial charge in [-0.1, -0.05) is 39.9 Å². The Balaban J connectivity index is 1.69. The topological polar surface area (TPSA) is 45.6 Å². The molecular weight excluding hydrogens is 482 g/mol. The Labute approximate surface area is 194 Å². The van der Waals surface area contributed by atoms with Gasteiger partial charge in [-0.25, -0.2) is 0 Å². The Bertz CT molecular complexity index is 1060. The van der Waals surface area contributed by atoms with Gasteiger partial charge in [-0.2, -0.15) is 0 Å². The van der Waals surface area contributed by atoms with E-state index < -0.39 is 0 Å². The van der Waals surface area contributed by atoms with Crippen molar-refractivity contribution in [1.82, 2.24) is 14.4 Å². The van der Waals surface area contributed by atoms with Crippen molar-refractivity contribution < 1.29 is 9.59 Å². The van der Waals surface area contributed by atoms with E-state index in [4.69, 9.17) is 12.2 Å². The molecule has 0 N–H and O–H groups in total. The molecule has 1 aromatic heterocycles. The predicted octanol–water partition coefficient (Wildman–Crippen LogP) is 5.03. The van der Waals surface area contributed by atoms with Crippen LogP contribution in [0.3, 0.4) is 0 Å². The van der Waals surface area contributed by atoms with Crippen LogP contribution in [-0.4, -0.2) is 49.6 Å². The van der Waals surface area contributed by atoms with Crippen LogP contribution >= 0.6 is 39.9 Å². The zero-order valence-corrected chi connectivity index (χ0v) is 20.3. The lowest BCUT2D eigenvalue weighted by Crippen LogP contribution is -2.43. The smallest absolute Gasteiger partial charge is 0.266 e. The van der Waals surface area contributed by atoms with E-state index >= 15 is 0 Å². The summed E-state index contributed by atoms with van der Waals surface area (Å²) < 4.78 is 3.55. The molecule has 1 aromatic carbocycles. The first-order valence-corrected chi connectivity index (χ1v) is 12.2. The molecule has 0 bridgehead atoms. The summed E-state index contributed by atoms with van der Waals surface area (Å²) >= 11 is 10.2. The highest BCUT2D eigenvalue weighted by atomic mass is 79.9. The summed E-state index contributed by atoms with van der Waals surface area (Å²) in [4.78, 5) is 29.9. The molecular formula is C22H24BrN3O2S2. The maximum absolute atomic E-state index is 13.0. The molecule has 0 unspecified atom stereocenters. The fourth-order valence-corrected chi connectivity index (χ4v) is 5.90. The van der Waals surface area contributed by atoms with Gasteiger partial charge >= 0.3 is 0 Å². The molecule has 158 valence electrons. The molecule has 1 atom stereocenters. The molecule has 4 rings (SSSR count). The van der Waals surface area contributed by atoms with E-state index in [-0.39, 0.29) is 17.9 Å². The Kier molecular flexibility index (Phi) is 6.36. The molecule has 0 saturated carbocycles. The summed E-state index contributed by atoms with van der Waals surface area (Å²) in [7, 11) is 0. The second-order valence-corrected chi connectivity index (χ2v) is 10.3. The largest absolute Gasteiger partial charge is 0.338 e. The number of thiocarbonyl (C=S) groups is 1. The van der Waals surface area contributed by atoms with Crippen LogP contribution < -0.4 is 0 Å². The van der Waals surface area contributed by atoms with Crippen LogP contribution in [0.25, 0.3) is 17.0 Å². The second-order valence-electron chi connectivity index (χ2n) is 7.73. The quantitative estimate of drug-likeness (QED) is 0.431. The molecule has 0 spiro atoms. The monoisotopic (exact) mass is 505 g/mol. The zero-order valence-electron chi connectivity index (χ0n) is 17.1. The van der Waals surface area contributed by atoms with Crippen molar-refractivity contribution in [3.05, 3.63) is 39.3 Å². The highest BCUT2D eigenvalue weighted by molar-refractivity contribution is 9.10. The fraction of sp³-hybridized carbons (Fsp3) is 0.409. The van der Waals surface area contributed by atoms with Gasteiger partial charge in [0.2, 0.25) is 5.91 Å². The van der Waals surface area contributed by atoms with Crippen LogP contribution in [-0.2, 0) is 16.1 Å². The maximum Gasteiger partial charge on any atom is 0.266 e. The number of piperidine rings is 1. The summed E-state index contributed by atoms with van der Waals surface area (Å²) in [6.45, 7) is 5.74. The average Bonchev–Trinajstić information content (AvgIpc) is 3.18. The fourth-order valence-electron chi connectivity index (χ4n) is 4.16. The van der Waals surface area contributed by atoms with Gasteiger partial charge in [-0.05, 0) is 57.4 Å². The summed E-state index contributed by atoms with van der Waals surface area (Å²) in [5.41, 5.74) is 1.90. The Morgan fingerprint density at radius 1 is 1.37 bits per heavy atom. The number of halogens is 1. The number of hydrogen-bond acceptors (Lipinski definition) is 4. The number of thioether (sulfide) groups is 1. The molecule has 0 radical (unpaired) electrons. The van der Waals surface area contributed by atoms with Crippen molar-refractivity contribution in [1.29, 1.82) is 0 Å². The maximum atomic E-state index is 13.0. The van der Waals surface area contributed by atoms with E-state index in [1.807, 2.05) is 46.9 Å². The van der Waals surface area contributed by atoms with E-state index in [1.54, 1.807) is 4.90 Å². The standard InChI is InChI=1S/C22H24BrN3O2S2/c1-3-25-21(28)19(30-22(25)29)10-15-12-24(18-8-7-16(23)11-17(15)18)13-20(27)26-9-5-4-6-14(26)2/h7-8,10-12,14H,3-6,9,13H2,1-2H3/b19-10-/t14-/m0/s1. The third kappa shape index (κ3) is 4.09. The third-order valence-electron chi connectivity index (χ3n) is 5.78. The number of hydrogen-bond donors (Lipinski definition) is 0. The number of carbonyl (C=O) groups is 2. The Morgan fingerprint density at radius 3 is 2.87 bits per heavy atom.